The largest absolute Gasteiger partial charge is 0.371 e. The van der Waals surface area contributed by atoms with E-state index in [1.54, 1.807) is 0 Å². The van der Waals surface area contributed by atoms with E-state index in [1.165, 1.54) is 18.5 Å². The number of rotatable bonds is 6. The second kappa shape index (κ2) is 7.18. The van der Waals surface area contributed by atoms with E-state index in [-0.39, 0.29) is 0 Å². The molecular formula is C13H19BrClN. The summed E-state index contributed by atoms with van der Waals surface area (Å²) < 4.78 is 1.14. The van der Waals surface area contributed by atoms with Crippen LogP contribution in [-0.2, 0) is 5.88 Å². The van der Waals surface area contributed by atoms with Crippen molar-refractivity contribution in [2.45, 2.75) is 32.6 Å². The zero-order chi connectivity index (χ0) is 12.0. The Morgan fingerprint density at radius 1 is 1.31 bits per heavy atom. The number of halogens is 2. The van der Waals surface area contributed by atoms with Crippen molar-refractivity contribution in [3.05, 3.63) is 28.2 Å². The molecule has 0 amide bonds. The third-order valence-corrected chi connectivity index (χ3v) is 3.61. The van der Waals surface area contributed by atoms with E-state index in [9.17, 15) is 0 Å². The van der Waals surface area contributed by atoms with Gasteiger partial charge in [0.25, 0.3) is 0 Å². The molecule has 0 aliphatic heterocycles. The topological polar surface area (TPSA) is 3.24 Å². The standard InChI is InChI=1S/C13H19BrClN/c1-3-5-8-16(4-2)13-7-6-11(10-15)9-12(13)14/h6-7,9H,3-5,8,10H2,1-2H3. The van der Waals surface area contributed by atoms with E-state index in [1.807, 2.05) is 0 Å². The zero-order valence-corrected chi connectivity index (χ0v) is 12.3. The molecule has 0 bridgehead atoms. The van der Waals surface area contributed by atoms with Crippen molar-refractivity contribution in [3.8, 4) is 0 Å². The van der Waals surface area contributed by atoms with Crippen LogP contribution in [0.3, 0.4) is 0 Å². The minimum atomic E-state index is 0.569. The number of anilines is 1. The van der Waals surface area contributed by atoms with Crippen LogP contribution in [0.5, 0.6) is 0 Å². The maximum absolute atomic E-state index is 5.81. The van der Waals surface area contributed by atoms with Crippen LogP contribution in [-0.4, -0.2) is 13.1 Å². The van der Waals surface area contributed by atoms with Crippen molar-refractivity contribution in [3.63, 3.8) is 0 Å². The molecule has 0 fully saturated rings. The van der Waals surface area contributed by atoms with Crippen LogP contribution in [0.2, 0.25) is 0 Å². The summed E-state index contributed by atoms with van der Waals surface area (Å²) in [6.07, 6.45) is 2.46. The highest BCUT2D eigenvalue weighted by Crippen LogP contribution is 2.28. The number of hydrogen-bond donors (Lipinski definition) is 0. The molecule has 1 rings (SSSR count). The maximum atomic E-state index is 5.81. The van der Waals surface area contributed by atoms with E-state index in [4.69, 9.17) is 11.6 Å². The molecule has 0 heterocycles. The van der Waals surface area contributed by atoms with Gasteiger partial charge in [0.1, 0.15) is 0 Å². The maximum Gasteiger partial charge on any atom is 0.0510 e. The average Bonchev–Trinajstić information content (AvgIpc) is 2.31. The quantitative estimate of drug-likeness (QED) is 0.681. The molecule has 0 aliphatic carbocycles. The monoisotopic (exact) mass is 303 g/mol. The molecule has 1 aromatic rings. The lowest BCUT2D eigenvalue weighted by Gasteiger charge is -2.24. The number of unbranched alkanes of at least 4 members (excludes halogenated alkanes) is 1. The summed E-state index contributed by atoms with van der Waals surface area (Å²) in [5.74, 6) is 0.569. The van der Waals surface area contributed by atoms with E-state index in [0.717, 1.165) is 23.1 Å². The summed E-state index contributed by atoms with van der Waals surface area (Å²) in [5.41, 5.74) is 2.42. The Morgan fingerprint density at radius 3 is 2.56 bits per heavy atom. The van der Waals surface area contributed by atoms with Crippen molar-refractivity contribution >= 4 is 33.2 Å². The van der Waals surface area contributed by atoms with Crippen LogP contribution < -0.4 is 4.90 Å². The third kappa shape index (κ3) is 3.67. The summed E-state index contributed by atoms with van der Waals surface area (Å²) in [4.78, 5) is 2.39. The van der Waals surface area contributed by atoms with Crippen LogP contribution in [0.25, 0.3) is 0 Å². The van der Waals surface area contributed by atoms with Crippen molar-refractivity contribution in [1.82, 2.24) is 0 Å². The first kappa shape index (κ1) is 13.9. The zero-order valence-electron chi connectivity index (χ0n) is 9.97. The summed E-state index contributed by atoms with van der Waals surface area (Å²) in [7, 11) is 0. The Balaban J connectivity index is 2.83. The lowest BCUT2D eigenvalue weighted by atomic mass is 10.2. The van der Waals surface area contributed by atoms with Crippen LogP contribution in [0.1, 0.15) is 32.3 Å². The number of hydrogen-bond acceptors (Lipinski definition) is 1. The molecule has 1 aromatic carbocycles. The van der Waals surface area contributed by atoms with Gasteiger partial charge in [-0.1, -0.05) is 19.4 Å². The molecule has 90 valence electrons. The fourth-order valence-electron chi connectivity index (χ4n) is 1.69. The molecule has 0 aliphatic rings. The van der Waals surface area contributed by atoms with Crippen LogP contribution in [0.4, 0.5) is 5.69 Å². The second-order valence-electron chi connectivity index (χ2n) is 3.85. The smallest absolute Gasteiger partial charge is 0.0510 e. The molecule has 0 N–H and O–H groups in total. The van der Waals surface area contributed by atoms with Gasteiger partial charge in [-0.3, -0.25) is 0 Å². The molecule has 3 heteroatoms. The summed E-state index contributed by atoms with van der Waals surface area (Å²) in [6.45, 7) is 6.57. The van der Waals surface area contributed by atoms with Gasteiger partial charge in [0.2, 0.25) is 0 Å². The lowest BCUT2D eigenvalue weighted by molar-refractivity contribution is 0.731. The average molecular weight is 305 g/mol. The number of alkyl halides is 1. The van der Waals surface area contributed by atoms with Crippen LogP contribution >= 0.6 is 27.5 Å². The van der Waals surface area contributed by atoms with Crippen molar-refractivity contribution < 1.29 is 0 Å². The molecule has 0 aromatic heterocycles. The Bertz CT molecular complexity index is 328. The molecule has 16 heavy (non-hydrogen) atoms. The Morgan fingerprint density at radius 2 is 2.06 bits per heavy atom. The summed E-state index contributed by atoms with van der Waals surface area (Å²) >= 11 is 9.43. The predicted molar refractivity (Wildman–Crippen MR) is 76.5 cm³/mol. The van der Waals surface area contributed by atoms with E-state index in [0.29, 0.717) is 5.88 Å². The third-order valence-electron chi connectivity index (χ3n) is 2.67. The first-order valence-corrected chi connectivity index (χ1v) is 7.15. The Labute approximate surface area is 112 Å². The molecule has 0 saturated carbocycles. The molecule has 1 nitrogen and oxygen atoms in total. The molecule has 0 radical (unpaired) electrons. The summed E-state index contributed by atoms with van der Waals surface area (Å²) in [6, 6.07) is 6.36. The Kier molecular flexibility index (Phi) is 6.22. The Hall–Kier alpha value is -0.210. The van der Waals surface area contributed by atoms with Gasteiger partial charge in [0.15, 0.2) is 0 Å². The van der Waals surface area contributed by atoms with Crippen LogP contribution in [0, 0.1) is 0 Å². The highest BCUT2D eigenvalue weighted by Gasteiger charge is 2.08. The molecule has 0 spiro atoms. The van der Waals surface area contributed by atoms with E-state index in [2.05, 4.69) is 52.9 Å². The van der Waals surface area contributed by atoms with Crippen molar-refractivity contribution in [2.75, 3.05) is 18.0 Å². The van der Waals surface area contributed by atoms with Gasteiger partial charge >= 0.3 is 0 Å². The SMILES string of the molecule is CCCCN(CC)c1ccc(CCl)cc1Br. The molecule has 0 unspecified atom stereocenters. The van der Waals surface area contributed by atoms with Gasteiger partial charge < -0.3 is 4.90 Å². The minimum Gasteiger partial charge on any atom is -0.371 e. The lowest BCUT2D eigenvalue weighted by Crippen LogP contribution is -2.24. The predicted octanol–water partition coefficient (Wildman–Crippen LogP) is 4.81. The number of nitrogens with zero attached hydrogens (tertiary/aromatic N) is 1. The van der Waals surface area contributed by atoms with Gasteiger partial charge in [0, 0.05) is 23.4 Å². The fourth-order valence-corrected chi connectivity index (χ4v) is 2.53. The first-order valence-electron chi connectivity index (χ1n) is 5.82. The number of benzene rings is 1. The van der Waals surface area contributed by atoms with Gasteiger partial charge in [0.05, 0.1) is 5.69 Å². The van der Waals surface area contributed by atoms with Gasteiger partial charge in [-0.05, 0) is 47.0 Å². The normalized spacial score (nSPS) is 10.5. The fraction of sp³-hybridized carbons (Fsp3) is 0.538. The second-order valence-corrected chi connectivity index (χ2v) is 4.97. The van der Waals surface area contributed by atoms with Gasteiger partial charge in [-0.25, -0.2) is 0 Å². The summed E-state index contributed by atoms with van der Waals surface area (Å²) in [5, 5.41) is 0. The minimum absolute atomic E-state index is 0.569. The van der Waals surface area contributed by atoms with Gasteiger partial charge in [-0.15, -0.1) is 11.6 Å². The molecular weight excluding hydrogens is 286 g/mol. The molecule has 0 saturated heterocycles. The van der Waals surface area contributed by atoms with Crippen LogP contribution in [0.15, 0.2) is 22.7 Å². The van der Waals surface area contributed by atoms with Crippen molar-refractivity contribution in [1.29, 1.82) is 0 Å². The highest BCUT2D eigenvalue weighted by molar-refractivity contribution is 9.10. The molecule has 0 atom stereocenters. The first-order chi connectivity index (χ1) is 7.72. The van der Waals surface area contributed by atoms with Crippen molar-refractivity contribution in [2.24, 2.45) is 0 Å². The van der Waals surface area contributed by atoms with Gasteiger partial charge in [-0.2, -0.15) is 0 Å². The van der Waals surface area contributed by atoms with E-state index < -0.39 is 0 Å². The highest BCUT2D eigenvalue weighted by atomic mass is 79.9. The van der Waals surface area contributed by atoms with E-state index >= 15 is 0 Å².